The van der Waals surface area contributed by atoms with E-state index < -0.39 is 5.41 Å². The zero-order valence-electron chi connectivity index (χ0n) is 8.82. The smallest absolute Gasteiger partial charge is 0.228 e. The van der Waals surface area contributed by atoms with Crippen molar-refractivity contribution in [3.63, 3.8) is 0 Å². The van der Waals surface area contributed by atoms with E-state index in [2.05, 4.69) is 0 Å². The Labute approximate surface area is 89.2 Å². The molecule has 3 heteroatoms. The van der Waals surface area contributed by atoms with Gasteiger partial charge in [-0.3, -0.25) is 4.79 Å². The van der Waals surface area contributed by atoms with Crippen LogP contribution < -0.4 is 10.5 Å². The van der Waals surface area contributed by atoms with Gasteiger partial charge in [0.1, 0.15) is 5.75 Å². The summed E-state index contributed by atoms with van der Waals surface area (Å²) in [4.78, 5) is 11.4. The van der Waals surface area contributed by atoms with Crippen LogP contribution in [0.4, 0.5) is 0 Å². The van der Waals surface area contributed by atoms with Gasteiger partial charge < -0.3 is 10.5 Å². The quantitative estimate of drug-likeness (QED) is 0.814. The Morgan fingerprint density at radius 3 is 2.27 bits per heavy atom. The van der Waals surface area contributed by atoms with E-state index in [0.717, 1.165) is 30.6 Å². The van der Waals surface area contributed by atoms with Crippen molar-refractivity contribution in [3.8, 4) is 5.75 Å². The van der Waals surface area contributed by atoms with Crippen LogP contribution in [0.2, 0.25) is 0 Å². The van der Waals surface area contributed by atoms with Crippen LogP contribution >= 0.6 is 0 Å². The first-order valence-electron chi connectivity index (χ1n) is 5.13. The Balaban J connectivity index is 2.31. The molecule has 1 aliphatic rings. The molecule has 0 spiro atoms. The summed E-state index contributed by atoms with van der Waals surface area (Å²) in [5, 5.41) is 0. The zero-order chi connectivity index (χ0) is 10.9. The number of nitrogens with two attached hydrogens (primary N) is 1. The Morgan fingerprint density at radius 2 is 1.93 bits per heavy atom. The molecule has 0 saturated heterocycles. The highest BCUT2D eigenvalue weighted by Gasteiger charge is 2.44. The van der Waals surface area contributed by atoms with E-state index in [-0.39, 0.29) is 5.91 Å². The van der Waals surface area contributed by atoms with Crippen LogP contribution in [0.25, 0.3) is 0 Å². The van der Waals surface area contributed by atoms with Crippen molar-refractivity contribution in [3.05, 3.63) is 29.8 Å². The normalized spacial score (nSPS) is 17.9. The van der Waals surface area contributed by atoms with Crippen molar-refractivity contribution in [2.75, 3.05) is 7.11 Å². The highest BCUT2D eigenvalue weighted by molar-refractivity contribution is 5.87. The molecule has 0 aromatic heterocycles. The summed E-state index contributed by atoms with van der Waals surface area (Å²) in [6, 6.07) is 7.61. The molecular weight excluding hydrogens is 190 g/mol. The number of amides is 1. The lowest BCUT2D eigenvalue weighted by atomic mass is 9.64. The van der Waals surface area contributed by atoms with Gasteiger partial charge in [0.15, 0.2) is 0 Å². The second-order valence-electron chi connectivity index (χ2n) is 4.03. The van der Waals surface area contributed by atoms with Gasteiger partial charge in [-0.2, -0.15) is 0 Å². The van der Waals surface area contributed by atoms with Crippen molar-refractivity contribution >= 4 is 5.91 Å². The fourth-order valence-corrected chi connectivity index (χ4v) is 2.12. The highest BCUT2D eigenvalue weighted by Crippen LogP contribution is 2.43. The van der Waals surface area contributed by atoms with E-state index in [9.17, 15) is 4.79 Å². The van der Waals surface area contributed by atoms with Crippen LogP contribution in [-0.4, -0.2) is 13.0 Å². The SMILES string of the molecule is COc1ccc(C2(C(N)=O)CCC2)cc1. The minimum atomic E-state index is -0.410. The number of ether oxygens (including phenoxy) is 1. The van der Waals surface area contributed by atoms with Crippen molar-refractivity contribution in [1.29, 1.82) is 0 Å². The third-order valence-electron chi connectivity index (χ3n) is 3.32. The minimum absolute atomic E-state index is 0.209. The standard InChI is InChI=1S/C12H15NO2/c1-15-10-5-3-9(4-6-10)12(11(13)14)7-2-8-12/h3-6H,2,7-8H2,1H3,(H2,13,14). The van der Waals surface area contributed by atoms with Gasteiger partial charge >= 0.3 is 0 Å². The fourth-order valence-electron chi connectivity index (χ4n) is 2.12. The number of rotatable bonds is 3. The molecule has 1 aromatic rings. The molecule has 80 valence electrons. The molecule has 1 aliphatic carbocycles. The van der Waals surface area contributed by atoms with E-state index in [1.807, 2.05) is 24.3 Å². The lowest BCUT2D eigenvalue weighted by Gasteiger charge is -2.39. The molecular formula is C12H15NO2. The van der Waals surface area contributed by atoms with E-state index in [1.165, 1.54) is 0 Å². The Kier molecular flexibility index (Phi) is 2.39. The monoisotopic (exact) mass is 205 g/mol. The molecule has 0 heterocycles. The fraction of sp³-hybridized carbons (Fsp3) is 0.417. The van der Waals surface area contributed by atoms with Gasteiger partial charge in [-0.25, -0.2) is 0 Å². The van der Waals surface area contributed by atoms with Crippen LogP contribution in [0.1, 0.15) is 24.8 Å². The first kappa shape index (κ1) is 10.0. The van der Waals surface area contributed by atoms with E-state index in [1.54, 1.807) is 7.11 Å². The van der Waals surface area contributed by atoms with Gasteiger partial charge in [0, 0.05) is 0 Å². The maximum Gasteiger partial charge on any atom is 0.228 e. The van der Waals surface area contributed by atoms with Crippen LogP contribution in [0, 0.1) is 0 Å². The second kappa shape index (κ2) is 3.57. The summed E-state index contributed by atoms with van der Waals surface area (Å²) in [5.74, 6) is 0.594. The molecule has 1 saturated carbocycles. The molecule has 1 amide bonds. The number of primary amides is 1. The van der Waals surface area contributed by atoms with Crippen LogP contribution in [0.3, 0.4) is 0 Å². The first-order chi connectivity index (χ1) is 7.19. The number of hydrogen-bond acceptors (Lipinski definition) is 2. The predicted octanol–water partition coefficient (Wildman–Crippen LogP) is 1.60. The molecule has 0 unspecified atom stereocenters. The van der Waals surface area contributed by atoms with Crippen LogP contribution in [-0.2, 0) is 10.2 Å². The van der Waals surface area contributed by atoms with Crippen molar-refractivity contribution in [2.45, 2.75) is 24.7 Å². The second-order valence-corrected chi connectivity index (χ2v) is 4.03. The summed E-state index contributed by atoms with van der Waals surface area (Å²) < 4.78 is 5.08. The number of carbonyl (C=O) groups excluding carboxylic acids is 1. The molecule has 1 aromatic carbocycles. The van der Waals surface area contributed by atoms with Gasteiger partial charge in [-0.05, 0) is 30.5 Å². The highest BCUT2D eigenvalue weighted by atomic mass is 16.5. The third kappa shape index (κ3) is 1.48. The summed E-state index contributed by atoms with van der Waals surface area (Å²) in [5.41, 5.74) is 6.07. The summed E-state index contributed by atoms with van der Waals surface area (Å²) in [7, 11) is 1.63. The van der Waals surface area contributed by atoms with Gasteiger partial charge in [0.2, 0.25) is 5.91 Å². The topological polar surface area (TPSA) is 52.3 Å². The van der Waals surface area contributed by atoms with Gasteiger partial charge in [0.25, 0.3) is 0 Å². The summed E-state index contributed by atoms with van der Waals surface area (Å²) in [6.45, 7) is 0. The Morgan fingerprint density at radius 1 is 1.33 bits per heavy atom. The number of benzene rings is 1. The molecule has 1 fully saturated rings. The number of methoxy groups -OCH3 is 1. The Bertz CT molecular complexity index is 366. The van der Waals surface area contributed by atoms with Crippen LogP contribution in [0.5, 0.6) is 5.75 Å². The van der Waals surface area contributed by atoms with Crippen molar-refractivity contribution in [2.24, 2.45) is 5.73 Å². The summed E-state index contributed by atoms with van der Waals surface area (Å²) in [6.07, 6.45) is 2.82. The molecule has 0 radical (unpaired) electrons. The van der Waals surface area contributed by atoms with E-state index in [4.69, 9.17) is 10.5 Å². The molecule has 0 bridgehead atoms. The minimum Gasteiger partial charge on any atom is -0.497 e. The molecule has 3 nitrogen and oxygen atoms in total. The maximum absolute atomic E-state index is 11.4. The first-order valence-corrected chi connectivity index (χ1v) is 5.13. The van der Waals surface area contributed by atoms with Crippen molar-refractivity contribution in [1.82, 2.24) is 0 Å². The molecule has 0 aliphatic heterocycles. The third-order valence-corrected chi connectivity index (χ3v) is 3.32. The number of hydrogen-bond donors (Lipinski definition) is 1. The van der Waals surface area contributed by atoms with Gasteiger partial charge in [-0.1, -0.05) is 18.6 Å². The van der Waals surface area contributed by atoms with Gasteiger partial charge in [-0.15, -0.1) is 0 Å². The zero-order valence-corrected chi connectivity index (χ0v) is 8.82. The average molecular weight is 205 g/mol. The lowest BCUT2D eigenvalue weighted by Crippen LogP contribution is -2.46. The maximum atomic E-state index is 11.4. The van der Waals surface area contributed by atoms with Crippen LogP contribution in [0.15, 0.2) is 24.3 Å². The molecule has 2 rings (SSSR count). The lowest BCUT2D eigenvalue weighted by molar-refractivity contribution is -0.126. The largest absolute Gasteiger partial charge is 0.497 e. The van der Waals surface area contributed by atoms with E-state index in [0.29, 0.717) is 0 Å². The Hall–Kier alpha value is -1.51. The molecule has 15 heavy (non-hydrogen) atoms. The number of carbonyl (C=O) groups is 1. The molecule has 0 atom stereocenters. The molecule has 2 N–H and O–H groups in total. The average Bonchev–Trinajstić information content (AvgIpc) is 2.16. The van der Waals surface area contributed by atoms with E-state index >= 15 is 0 Å². The predicted molar refractivity (Wildman–Crippen MR) is 57.7 cm³/mol. The van der Waals surface area contributed by atoms with Gasteiger partial charge in [0.05, 0.1) is 12.5 Å². The summed E-state index contributed by atoms with van der Waals surface area (Å²) >= 11 is 0. The van der Waals surface area contributed by atoms with Crippen molar-refractivity contribution < 1.29 is 9.53 Å².